The molecule has 2 rings (SSSR count). The average molecular weight is 332 g/mol. The van der Waals surface area contributed by atoms with E-state index in [0.29, 0.717) is 35.3 Å². The van der Waals surface area contributed by atoms with Crippen molar-refractivity contribution in [1.29, 1.82) is 0 Å². The van der Waals surface area contributed by atoms with Gasteiger partial charge in [-0.25, -0.2) is 8.42 Å². The second-order valence-corrected chi connectivity index (χ2v) is 8.03. The molecule has 0 bridgehead atoms. The van der Waals surface area contributed by atoms with Gasteiger partial charge >= 0.3 is 0 Å². The number of aryl methyl sites for hydroxylation is 1. The maximum Gasteiger partial charge on any atom is 0.247 e. The molecule has 1 aliphatic heterocycles. The number of benzene rings is 1. The second kappa shape index (κ2) is 6.15. The largest absolute Gasteiger partial charge is 0.495 e. The summed E-state index contributed by atoms with van der Waals surface area (Å²) in [6.07, 6.45) is 1.96. The van der Waals surface area contributed by atoms with Crippen molar-refractivity contribution in [3.8, 4) is 5.75 Å². The van der Waals surface area contributed by atoms with Gasteiger partial charge in [0, 0.05) is 18.1 Å². The number of halogens is 1. The first-order valence-electron chi connectivity index (χ1n) is 7.13. The molecular weight excluding hydrogens is 310 g/mol. The maximum atomic E-state index is 13.0. The van der Waals surface area contributed by atoms with Crippen molar-refractivity contribution in [2.75, 3.05) is 20.2 Å². The monoisotopic (exact) mass is 331 g/mol. The fourth-order valence-corrected chi connectivity index (χ4v) is 5.04. The maximum absolute atomic E-state index is 13.0. The number of ether oxygens (including phenoxy) is 1. The van der Waals surface area contributed by atoms with Crippen LogP contribution >= 0.6 is 11.6 Å². The van der Waals surface area contributed by atoms with Crippen LogP contribution in [-0.2, 0) is 10.0 Å². The highest BCUT2D eigenvalue weighted by atomic mass is 35.5. The summed E-state index contributed by atoms with van der Waals surface area (Å²) in [5, 5.41) is 0.486. The summed E-state index contributed by atoms with van der Waals surface area (Å²) in [6, 6.07) is 1.69. The zero-order valence-corrected chi connectivity index (χ0v) is 14.5. The van der Waals surface area contributed by atoms with E-state index in [1.807, 2.05) is 6.92 Å². The summed E-state index contributed by atoms with van der Waals surface area (Å²) >= 11 is 6.25. The predicted molar refractivity (Wildman–Crippen MR) is 84.6 cm³/mol. The van der Waals surface area contributed by atoms with E-state index in [1.165, 1.54) is 7.11 Å². The SMILES string of the molecule is COc1cc(C)c(Cl)c(C)c1S(=O)(=O)N1CCCC(C)C1. The van der Waals surface area contributed by atoms with Crippen LogP contribution in [0.25, 0.3) is 0 Å². The van der Waals surface area contributed by atoms with Gasteiger partial charge in [0.15, 0.2) is 0 Å². The Morgan fingerprint density at radius 3 is 2.62 bits per heavy atom. The van der Waals surface area contributed by atoms with Crippen LogP contribution in [0.3, 0.4) is 0 Å². The lowest BCUT2D eigenvalue weighted by molar-refractivity contribution is 0.280. The molecule has 1 aromatic rings. The van der Waals surface area contributed by atoms with Crippen LogP contribution in [0.2, 0.25) is 5.02 Å². The third-order valence-corrected chi connectivity index (χ3v) is 6.64. The zero-order valence-electron chi connectivity index (χ0n) is 12.9. The summed E-state index contributed by atoms with van der Waals surface area (Å²) in [5.41, 5.74) is 1.38. The van der Waals surface area contributed by atoms with Gasteiger partial charge in [0.1, 0.15) is 10.6 Å². The van der Waals surface area contributed by atoms with Crippen LogP contribution in [0.15, 0.2) is 11.0 Å². The van der Waals surface area contributed by atoms with Crippen LogP contribution in [-0.4, -0.2) is 32.9 Å². The molecule has 1 aliphatic rings. The first kappa shape index (κ1) is 16.6. The van der Waals surface area contributed by atoms with E-state index in [1.54, 1.807) is 17.3 Å². The van der Waals surface area contributed by atoms with Crippen molar-refractivity contribution >= 4 is 21.6 Å². The molecule has 0 spiro atoms. The summed E-state index contributed by atoms with van der Waals surface area (Å²) < 4.78 is 32.8. The minimum Gasteiger partial charge on any atom is -0.495 e. The van der Waals surface area contributed by atoms with Gasteiger partial charge in [-0.05, 0) is 49.8 Å². The number of sulfonamides is 1. The minimum atomic E-state index is -3.58. The van der Waals surface area contributed by atoms with Gasteiger partial charge in [0.05, 0.1) is 7.11 Å². The molecule has 1 unspecified atom stereocenters. The molecule has 1 heterocycles. The Hall–Kier alpha value is -0.780. The summed E-state index contributed by atoms with van der Waals surface area (Å²) in [6.45, 7) is 6.76. The van der Waals surface area contributed by atoms with Crippen molar-refractivity contribution in [3.63, 3.8) is 0 Å². The van der Waals surface area contributed by atoms with E-state index < -0.39 is 10.0 Å². The molecule has 0 saturated carbocycles. The highest BCUT2D eigenvalue weighted by Gasteiger charge is 2.33. The van der Waals surface area contributed by atoms with Crippen molar-refractivity contribution in [1.82, 2.24) is 4.31 Å². The highest BCUT2D eigenvalue weighted by molar-refractivity contribution is 7.89. The predicted octanol–water partition coefficient (Wildman–Crippen LogP) is 3.39. The molecule has 1 fully saturated rings. The lowest BCUT2D eigenvalue weighted by Gasteiger charge is -2.31. The van der Waals surface area contributed by atoms with Crippen LogP contribution in [0.1, 0.15) is 30.9 Å². The Morgan fingerprint density at radius 2 is 2.05 bits per heavy atom. The molecule has 0 aliphatic carbocycles. The normalized spacial score (nSPS) is 20.5. The van der Waals surface area contributed by atoms with Crippen LogP contribution < -0.4 is 4.74 Å². The molecule has 21 heavy (non-hydrogen) atoms. The smallest absolute Gasteiger partial charge is 0.247 e. The average Bonchev–Trinajstić information content (AvgIpc) is 2.43. The molecule has 118 valence electrons. The number of nitrogens with zero attached hydrogens (tertiary/aromatic N) is 1. The van der Waals surface area contributed by atoms with E-state index in [4.69, 9.17) is 16.3 Å². The molecule has 4 nitrogen and oxygen atoms in total. The first-order valence-corrected chi connectivity index (χ1v) is 8.94. The van der Waals surface area contributed by atoms with Gasteiger partial charge in [-0.15, -0.1) is 0 Å². The Bertz CT molecular complexity index is 643. The molecule has 1 atom stereocenters. The molecule has 0 radical (unpaired) electrons. The van der Waals surface area contributed by atoms with E-state index in [-0.39, 0.29) is 4.90 Å². The van der Waals surface area contributed by atoms with Gasteiger partial charge in [0.2, 0.25) is 10.0 Å². The summed E-state index contributed by atoms with van der Waals surface area (Å²) in [7, 11) is -2.10. The quantitative estimate of drug-likeness (QED) is 0.853. The number of hydrogen-bond acceptors (Lipinski definition) is 3. The van der Waals surface area contributed by atoms with Gasteiger partial charge in [0.25, 0.3) is 0 Å². The Labute approximate surface area is 132 Å². The lowest BCUT2D eigenvalue weighted by atomic mass is 10.0. The highest BCUT2D eigenvalue weighted by Crippen LogP contribution is 2.37. The van der Waals surface area contributed by atoms with E-state index in [2.05, 4.69) is 6.92 Å². The number of piperidine rings is 1. The zero-order chi connectivity index (χ0) is 15.8. The molecule has 6 heteroatoms. The van der Waals surface area contributed by atoms with Crippen molar-refractivity contribution in [2.24, 2.45) is 5.92 Å². The Kier molecular flexibility index (Phi) is 4.85. The molecule has 0 N–H and O–H groups in total. The lowest BCUT2D eigenvalue weighted by Crippen LogP contribution is -2.39. The van der Waals surface area contributed by atoms with Crippen molar-refractivity contribution in [2.45, 2.75) is 38.5 Å². The fourth-order valence-electron chi connectivity index (χ4n) is 2.87. The third kappa shape index (κ3) is 3.05. The Morgan fingerprint density at radius 1 is 1.38 bits per heavy atom. The van der Waals surface area contributed by atoms with Crippen molar-refractivity contribution in [3.05, 3.63) is 22.2 Å². The van der Waals surface area contributed by atoms with Crippen LogP contribution in [0.4, 0.5) is 0 Å². The summed E-state index contributed by atoms with van der Waals surface area (Å²) in [4.78, 5) is 0.203. The molecule has 1 aromatic carbocycles. The Balaban J connectivity index is 2.56. The standard InChI is InChI=1S/C15H22ClNO3S/c1-10-6-5-7-17(9-10)21(18,19)15-12(3)14(16)11(2)8-13(15)20-4/h8,10H,5-7,9H2,1-4H3. The van der Waals surface area contributed by atoms with Crippen molar-refractivity contribution < 1.29 is 13.2 Å². The number of rotatable bonds is 3. The second-order valence-electron chi connectivity index (χ2n) is 5.77. The van der Waals surface area contributed by atoms with E-state index in [9.17, 15) is 8.42 Å². The van der Waals surface area contributed by atoms with Gasteiger partial charge < -0.3 is 4.74 Å². The van der Waals surface area contributed by atoms with Crippen LogP contribution in [0.5, 0.6) is 5.75 Å². The number of hydrogen-bond donors (Lipinski definition) is 0. The van der Waals surface area contributed by atoms with E-state index >= 15 is 0 Å². The topological polar surface area (TPSA) is 46.6 Å². The van der Waals surface area contributed by atoms with E-state index in [0.717, 1.165) is 18.4 Å². The fraction of sp³-hybridized carbons (Fsp3) is 0.600. The molecular formula is C15H22ClNO3S. The summed E-state index contributed by atoms with van der Waals surface area (Å²) in [5.74, 6) is 0.744. The third-order valence-electron chi connectivity index (χ3n) is 4.02. The first-order chi connectivity index (χ1) is 9.78. The molecule has 0 amide bonds. The minimum absolute atomic E-state index is 0.203. The molecule has 0 aromatic heterocycles. The van der Waals surface area contributed by atoms with Gasteiger partial charge in [-0.3, -0.25) is 0 Å². The number of methoxy groups -OCH3 is 1. The van der Waals surface area contributed by atoms with Gasteiger partial charge in [-0.1, -0.05) is 18.5 Å². The molecule has 1 saturated heterocycles. The van der Waals surface area contributed by atoms with Gasteiger partial charge in [-0.2, -0.15) is 4.31 Å². The van der Waals surface area contributed by atoms with Crippen LogP contribution in [0, 0.1) is 19.8 Å².